The number of rotatable bonds is 2. The number of aryl methyl sites for hydroxylation is 1. The molecule has 1 aromatic carbocycles. The van der Waals surface area contributed by atoms with Gasteiger partial charge < -0.3 is 5.11 Å². The highest BCUT2D eigenvalue weighted by atomic mass is 19.1. The van der Waals surface area contributed by atoms with E-state index < -0.39 is 6.10 Å². The molecule has 3 unspecified atom stereocenters. The van der Waals surface area contributed by atoms with E-state index in [1.807, 2.05) is 13.0 Å². The SMILES string of the molecule is Cc1ccc(C(O)C2CCCC(C)C2)c(F)c1. The van der Waals surface area contributed by atoms with Gasteiger partial charge in [0.25, 0.3) is 0 Å². The summed E-state index contributed by atoms with van der Waals surface area (Å²) >= 11 is 0. The summed E-state index contributed by atoms with van der Waals surface area (Å²) in [7, 11) is 0. The van der Waals surface area contributed by atoms with Crippen LogP contribution in [0.15, 0.2) is 18.2 Å². The van der Waals surface area contributed by atoms with Gasteiger partial charge in [-0.3, -0.25) is 0 Å². The zero-order valence-electron chi connectivity index (χ0n) is 10.6. The van der Waals surface area contributed by atoms with Crippen molar-refractivity contribution in [2.45, 2.75) is 45.6 Å². The molecule has 1 saturated carbocycles. The average Bonchev–Trinajstić information content (AvgIpc) is 2.28. The predicted molar refractivity (Wildman–Crippen MR) is 67.2 cm³/mol. The maximum Gasteiger partial charge on any atom is 0.129 e. The number of hydrogen-bond acceptors (Lipinski definition) is 1. The Labute approximate surface area is 103 Å². The third-order valence-electron chi connectivity index (χ3n) is 3.90. The monoisotopic (exact) mass is 236 g/mol. The molecule has 0 spiro atoms. The van der Waals surface area contributed by atoms with E-state index in [9.17, 15) is 9.50 Å². The number of hydrogen-bond donors (Lipinski definition) is 1. The Morgan fingerprint density at radius 1 is 1.35 bits per heavy atom. The molecule has 0 saturated heterocycles. The standard InChI is InChI=1S/C15H21FO/c1-10-4-3-5-12(8-10)15(17)13-7-6-11(2)9-14(13)16/h6-7,9-10,12,15,17H,3-5,8H2,1-2H3. The van der Waals surface area contributed by atoms with Gasteiger partial charge in [-0.1, -0.05) is 31.9 Å². The molecule has 0 amide bonds. The molecule has 94 valence electrons. The lowest BCUT2D eigenvalue weighted by Crippen LogP contribution is -2.21. The molecule has 0 bridgehead atoms. The summed E-state index contributed by atoms with van der Waals surface area (Å²) in [5, 5.41) is 10.3. The number of halogens is 1. The fourth-order valence-corrected chi connectivity index (χ4v) is 2.89. The summed E-state index contributed by atoms with van der Waals surface area (Å²) in [5.74, 6) is 0.601. The van der Waals surface area contributed by atoms with Crippen molar-refractivity contribution >= 4 is 0 Å². The number of aliphatic hydroxyl groups is 1. The van der Waals surface area contributed by atoms with Crippen LogP contribution >= 0.6 is 0 Å². The van der Waals surface area contributed by atoms with Crippen LogP contribution in [-0.2, 0) is 0 Å². The highest BCUT2D eigenvalue weighted by Gasteiger charge is 2.27. The minimum atomic E-state index is -0.640. The topological polar surface area (TPSA) is 20.2 Å². The van der Waals surface area contributed by atoms with Gasteiger partial charge in [0.15, 0.2) is 0 Å². The first kappa shape index (κ1) is 12.6. The van der Waals surface area contributed by atoms with Crippen LogP contribution in [0.5, 0.6) is 0 Å². The van der Waals surface area contributed by atoms with E-state index in [1.54, 1.807) is 6.07 Å². The molecule has 3 atom stereocenters. The van der Waals surface area contributed by atoms with E-state index in [0.29, 0.717) is 11.5 Å². The molecule has 0 heterocycles. The Morgan fingerprint density at radius 3 is 2.76 bits per heavy atom. The van der Waals surface area contributed by atoms with E-state index in [0.717, 1.165) is 24.8 Å². The van der Waals surface area contributed by atoms with Crippen LogP contribution in [-0.4, -0.2) is 5.11 Å². The smallest absolute Gasteiger partial charge is 0.129 e. The Balaban J connectivity index is 2.15. The molecular formula is C15H21FO. The Kier molecular flexibility index (Phi) is 3.82. The fourth-order valence-electron chi connectivity index (χ4n) is 2.89. The molecule has 0 aromatic heterocycles. The van der Waals surface area contributed by atoms with Crippen molar-refractivity contribution in [3.05, 3.63) is 35.1 Å². The Bertz CT molecular complexity index is 389. The van der Waals surface area contributed by atoms with Crippen molar-refractivity contribution in [2.24, 2.45) is 11.8 Å². The summed E-state index contributed by atoms with van der Waals surface area (Å²) in [6.07, 6.45) is 3.77. The van der Waals surface area contributed by atoms with Crippen LogP contribution in [0, 0.1) is 24.6 Å². The molecule has 1 aliphatic rings. The summed E-state index contributed by atoms with van der Waals surface area (Å²) in [5.41, 5.74) is 1.37. The van der Waals surface area contributed by atoms with Gasteiger partial charge in [-0.05, 0) is 43.2 Å². The lowest BCUT2D eigenvalue weighted by atomic mass is 9.78. The second kappa shape index (κ2) is 5.18. The van der Waals surface area contributed by atoms with E-state index in [4.69, 9.17) is 0 Å². The van der Waals surface area contributed by atoms with Gasteiger partial charge in [-0.2, -0.15) is 0 Å². The quantitative estimate of drug-likeness (QED) is 0.823. The molecule has 17 heavy (non-hydrogen) atoms. The van der Waals surface area contributed by atoms with Crippen molar-refractivity contribution in [2.75, 3.05) is 0 Å². The minimum Gasteiger partial charge on any atom is -0.388 e. The summed E-state index contributed by atoms with van der Waals surface area (Å²) in [4.78, 5) is 0. The van der Waals surface area contributed by atoms with Crippen LogP contribution in [0.25, 0.3) is 0 Å². The van der Waals surface area contributed by atoms with Crippen LogP contribution in [0.4, 0.5) is 4.39 Å². The maximum absolute atomic E-state index is 13.8. The van der Waals surface area contributed by atoms with Gasteiger partial charge in [-0.25, -0.2) is 4.39 Å². The molecular weight excluding hydrogens is 215 g/mol. The zero-order chi connectivity index (χ0) is 12.4. The largest absolute Gasteiger partial charge is 0.388 e. The van der Waals surface area contributed by atoms with Crippen LogP contribution in [0.1, 0.15) is 49.8 Å². The van der Waals surface area contributed by atoms with Gasteiger partial charge in [0.2, 0.25) is 0 Å². The maximum atomic E-state index is 13.8. The second-order valence-electron chi connectivity index (χ2n) is 5.50. The van der Waals surface area contributed by atoms with Crippen molar-refractivity contribution in [1.82, 2.24) is 0 Å². The highest BCUT2D eigenvalue weighted by molar-refractivity contribution is 5.25. The molecule has 1 aliphatic carbocycles. The normalized spacial score (nSPS) is 26.8. The van der Waals surface area contributed by atoms with Gasteiger partial charge in [-0.15, -0.1) is 0 Å². The first-order valence-corrected chi connectivity index (χ1v) is 6.52. The zero-order valence-corrected chi connectivity index (χ0v) is 10.6. The average molecular weight is 236 g/mol. The summed E-state index contributed by atoms with van der Waals surface area (Å²) in [6.45, 7) is 4.08. The number of benzene rings is 1. The Morgan fingerprint density at radius 2 is 2.12 bits per heavy atom. The molecule has 2 heteroatoms. The van der Waals surface area contributed by atoms with Gasteiger partial charge in [0.05, 0.1) is 6.10 Å². The van der Waals surface area contributed by atoms with Crippen molar-refractivity contribution in [3.63, 3.8) is 0 Å². The second-order valence-corrected chi connectivity index (χ2v) is 5.50. The first-order chi connectivity index (χ1) is 8.08. The molecule has 0 radical (unpaired) electrons. The van der Waals surface area contributed by atoms with Crippen molar-refractivity contribution in [3.8, 4) is 0 Å². The predicted octanol–water partition coefficient (Wildman–Crippen LogP) is 3.99. The van der Waals surface area contributed by atoms with E-state index in [1.165, 1.54) is 12.5 Å². The van der Waals surface area contributed by atoms with Gasteiger partial charge in [0, 0.05) is 5.56 Å². The minimum absolute atomic E-state index is 0.218. The molecule has 1 aromatic rings. The van der Waals surface area contributed by atoms with Crippen LogP contribution in [0.2, 0.25) is 0 Å². The molecule has 1 N–H and O–H groups in total. The van der Waals surface area contributed by atoms with Crippen LogP contribution < -0.4 is 0 Å². The molecule has 2 rings (SSSR count). The van der Waals surface area contributed by atoms with Crippen molar-refractivity contribution < 1.29 is 9.50 Å². The number of aliphatic hydroxyl groups excluding tert-OH is 1. The molecule has 0 aliphatic heterocycles. The third-order valence-corrected chi connectivity index (χ3v) is 3.90. The summed E-state index contributed by atoms with van der Waals surface area (Å²) in [6, 6.07) is 5.10. The first-order valence-electron chi connectivity index (χ1n) is 6.52. The molecule has 1 fully saturated rings. The molecule has 1 nitrogen and oxygen atoms in total. The lowest BCUT2D eigenvalue weighted by molar-refractivity contribution is 0.0685. The van der Waals surface area contributed by atoms with Gasteiger partial charge in [0.1, 0.15) is 5.82 Å². The van der Waals surface area contributed by atoms with E-state index >= 15 is 0 Å². The summed E-state index contributed by atoms with van der Waals surface area (Å²) < 4.78 is 13.8. The van der Waals surface area contributed by atoms with Crippen molar-refractivity contribution in [1.29, 1.82) is 0 Å². The van der Waals surface area contributed by atoms with Gasteiger partial charge >= 0.3 is 0 Å². The third kappa shape index (κ3) is 2.86. The Hall–Kier alpha value is -0.890. The van der Waals surface area contributed by atoms with E-state index in [2.05, 4.69) is 6.92 Å². The van der Waals surface area contributed by atoms with Crippen LogP contribution in [0.3, 0.4) is 0 Å². The highest BCUT2D eigenvalue weighted by Crippen LogP contribution is 2.37. The van der Waals surface area contributed by atoms with E-state index in [-0.39, 0.29) is 11.7 Å². The fraction of sp³-hybridized carbons (Fsp3) is 0.600. The lowest BCUT2D eigenvalue weighted by Gasteiger charge is -2.30.